The fourth-order valence-corrected chi connectivity index (χ4v) is 5.62. The fourth-order valence-electron chi connectivity index (χ4n) is 5.62. The van der Waals surface area contributed by atoms with Crippen molar-refractivity contribution in [2.75, 3.05) is 19.6 Å². The van der Waals surface area contributed by atoms with Crippen molar-refractivity contribution in [3.63, 3.8) is 0 Å². The largest absolute Gasteiger partial charge is 0.330 e. The Morgan fingerprint density at radius 2 is 1.81 bits per heavy atom. The molecule has 2 saturated carbocycles. The van der Waals surface area contributed by atoms with Gasteiger partial charge in [0.15, 0.2) is 0 Å². The van der Waals surface area contributed by atoms with Crippen molar-refractivity contribution in [2.45, 2.75) is 77.2 Å². The Morgan fingerprint density at radius 1 is 1.00 bits per heavy atom. The number of rotatable bonds is 4. The highest BCUT2D eigenvalue weighted by Gasteiger charge is 2.38. The molecule has 2 heteroatoms. The van der Waals surface area contributed by atoms with Crippen molar-refractivity contribution >= 4 is 0 Å². The topological polar surface area (TPSA) is 29.3 Å². The summed E-state index contributed by atoms with van der Waals surface area (Å²) in [6.07, 6.45) is 14.5. The Morgan fingerprint density at radius 3 is 2.57 bits per heavy atom. The van der Waals surface area contributed by atoms with Crippen molar-refractivity contribution in [1.82, 2.24) is 4.90 Å². The van der Waals surface area contributed by atoms with E-state index in [9.17, 15) is 0 Å². The number of piperidine rings is 1. The zero-order valence-electron chi connectivity index (χ0n) is 14.1. The van der Waals surface area contributed by atoms with Gasteiger partial charge in [0.25, 0.3) is 0 Å². The van der Waals surface area contributed by atoms with E-state index in [2.05, 4.69) is 11.8 Å². The minimum atomic E-state index is 0.776. The molecule has 5 atom stereocenters. The summed E-state index contributed by atoms with van der Waals surface area (Å²) in [4.78, 5) is 2.88. The smallest absolute Gasteiger partial charge is 0.0138 e. The lowest BCUT2D eigenvalue weighted by atomic mass is 9.72. The summed E-state index contributed by atoms with van der Waals surface area (Å²) in [5, 5.41) is 0. The first kappa shape index (κ1) is 15.8. The first-order chi connectivity index (χ1) is 10.3. The fraction of sp³-hybridized carbons (Fsp3) is 1.00. The number of likely N-dealkylation sites (tertiary alicyclic amines) is 1. The molecule has 0 radical (unpaired) electrons. The lowest BCUT2D eigenvalue weighted by molar-refractivity contribution is 0.0109. The normalized spacial score (nSPS) is 41.7. The second kappa shape index (κ2) is 7.46. The van der Waals surface area contributed by atoms with Crippen LogP contribution in [0.5, 0.6) is 0 Å². The Hall–Kier alpha value is -0.0800. The molecule has 1 heterocycles. The predicted octanol–water partition coefficient (Wildman–Crippen LogP) is 4.04. The highest BCUT2D eigenvalue weighted by Crippen LogP contribution is 2.40. The summed E-state index contributed by atoms with van der Waals surface area (Å²) in [6.45, 7) is 6.01. The third-order valence-corrected chi connectivity index (χ3v) is 6.86. The Balaban J connectivity index is 1.62. The molecular formula is C19H36N2. The molecule has 3 rings (SSSR count). The van der Waals surface area contributed by atoms with E-state index in [0.29, 0.717) is 0 Å². The third kappa shape index (κ3) is 3.64. The Bertz CT molecular complexity index is 317. The minimum absolute atomic E-state index is 0.776. The molecule has 0 aromatic carbocycles. The quantitative estimate of drug-likeness (QED) is 0.847. The van der Waals surface area contributed by atoms with Crippen molar-refractivity contribution in [3.8, 4) is 0 Å². The maximum absolute atomic E-state index is 6.12. The van der Waals surface area contributed by atoms with E-state index >= 15 is 0 Å². The summed E-state index contributed by atoms with van der Waals surface area (Å²) < 4.78 is 0. The van der Waals surface area contributed by atoms with Gasteiger partial charge in [-0.3, -0.25) is 4.90 Å². The van der Waals surface area contributed by atoms with Crippen LogP contribution in [0.25, 0.3) is 0 Å². The van der Waals surface area contributed by atoms with Gasteiger partial charge in [-0.15, -0.1) is 0 Å². The molecule has 5 unspecified atom stereocenters. The summed E-state index contributed by atoms with van der Waals surface area (Å²) >= 11 is 0. The molecule has 0 aromatic heterocycles. The molecular weight excluding hydrogens is 256 g/mol. The molecule has 1 saturated heterocycles. The van der Waals surface area contributed by atoms with Gasteiger partial charge in [-0.2, -0.15) is 0 Å². The molecule has 3 fully saturated rings. The molecule has 1 aliphatic heterocycles. The molecule has 3 aliphatic rings. The lowest BCUT2D eigenvalue weighted by Gasteiger charge is -2.49. The first-order valence-corrected chi connectivity index (χ1v) is 9.76. The maximum atomic E-state index is 6.12. The SMILES string of the molecule is CCCC1CCC(CN)C(N2CCC3CCCCC3C2)C1. The molecule has 0 aromatic rings. The maximum Gasteiger partial charge on any atom is 0.0138 e. The molecule has 0 amide bonds. The molecule has 2 N–H and O–H groups in total. The van der Waals surface area contributed by atoms with E-state index in [-0.39, 0.29) is 0 Å². The van der Waals surface area contributed by atoms with Crippen LogP contribution >= 0.6 is 0 Å². The Labute approximate surface area is 131 Å². The molecule has 2 nitrogen and oxygen atoms in total. The zero-order chi connectivity index (χ0) is 14.7. The van der Waals surface area contributed by atoms with Crippen molar-refractivity contribution in [1.29, 1.82) is 0 Å². The van der Waals surface area contributed by atoms with E-state index in [1.165, 1.54) is 77.3 Å². The molecule has 2 aliphatic carbocycles. The van der Waals surface area contributed by atoms with Crippen LogP contribution in [0.4, 0.5) is 0 Å². The summed E-state index contributed by atoms with van der Waals surface area (Å²) in [6, 6.07) is 0.808. The second-order valence-electron chi connectivity index (χ2n) is 8.12. The molecule has 122 valence electrons. The Kier molecular flexibility index (Phi) is 5.61. The molecule has 0 bridgehead atoms. The van der Waals surface area contributed by atoms with Crippen LogP contribution in [-0.4, -0.2) is 30.6 Å². The van der Waals surface area contributed by atoms with Gasteiger partial charge in [-0.1, -0.05) is 45.4 Å². The van der Waals surface area contributed by atoms with Gasteiger partial charge in [0.1, 0.15) is 0 Å². The van der Waals surface area contributed by atoms with Crippen molar-refractivity contribution in [2.24, 2.45) is 29.4 Å². The monoisotopic (exact) mass is 292 g/mol. The lowest BCUT2D eigenvalue weighted by Crippen LogP contribution is -2.52. The van der Waals surface area contributed by atoms with Crippen LogP contribution in [0.2, 0.25) is 0 Å². The van der Waals surface area contributed by atoms with Crippen LogP contribution in [0.15, 0.2) is 0 Å². The van der Waals surface area contributed by atoms with Gasteiger partial charge in [0.05, 0.1) is 0 Å². The van der Waals surface area contributed by atoms with Gasteiger partial charge in [-0.25, -0.2) is 0 Å². The third-order valence-electron chi connectivity index (χ3n) is 6.86. The van der Waals surface area contributed by atoms with E-state index in [1.54, 1.807) is 0 Å². The predicted molar refractivity (Wildman–Crippen MR) is 90.2 cm³/mol. The summed E-state index contributed by atoms with van der Waals surface area (Å²) in [7, 11) is 0. The van der Waals surface area contributed by atoms with E-state index in [0.717, 1.165) is 36.3 Å². The average molecular weight is 293 g/mol. The standard InChI is InChI=1S/C19H36N2/c1-2-5-15-8-9-17(13-20)19(12-15)21-11-10-16-6-3-4-7-18(16)14-21/h15-19H,2-14,20H2,1H3. The number of hydrogen-bond acceptors (Lipinski definition) is 2. The van der Waals surface area contributed by atoms with Crippen molar-refractivity contribution < 1.29 is 0 Å². The van der Waals surface area contributed by atoms with Gasteiger partial charge >= 0.3 is 0 Å². The minimum Gasteiger partial charge on any atom is -0.330 e. The second-order valence-corrected chi connectivity index (χ2v) is 8.12. The van der Waals surface area contributed by atoms with Crippen molar-refractivity contribution in [3.05, 3.63) is 0 Å². The van der Waals surface area contributed by atoms with Crippen LogP contribution in [-0.2, 0) is 0 Å². The van der Waals surface area contributed by atoms with Crippen LogP contribution in [0.1, 0.15) is 71.1 Å². The van der Waals surface area contributed by atoms with Gasteiger partial charge in [-0.05, 0) is 62.4 Å². The van der Waals surface area contributed by atoms with Crippen LogP contribution < -0.4 is 5.73 Å². The van der Waals surface area contributed by atoms with Gasteiger partial charge in [0, 0.05) is 12.6 Å². The van der Waals surface area contributed by atoms with E-state index in [4.69, 9.17) is 5.73 Å². The zero-order valence-corrected chi connectivity index (χ0v) is 14.1. The van der Waals surface area contributed by atoms with Gasteiger partial charge < -0.3 is 5.73 Å². The first-order valence-electron chi connectivity index (χ1n) is 9.76. The van der Waals surface area contributed by atoms with Crippen LogP contribution in [0, 0.1) is 23.7 Å². The van der Waals surface area contributed by atoms with E-state index < -0.39 is 0 Å². The average Bonchev–Trinajstić information content (AvgIpc) is 2.54. The highest BCUT2D eigenvalue weighted by atomic mass is 15.2. The molecule has 0 spiro atoms. The summed E-state index contributed by atoms with van der Waals surface area (Å²) in [5.74, 6) is 3.82. The van der Waals surface area contributed by atoms with Gasteiger partial charge in [0.2, 0.25) is 0 Å². The molecule has 21 heavy (non-hydrogen) atoms. The van der Waals surface area contributed by atoms with E-state index in [1.807, 2.05) is 0 Å². The number of nitrogens with zero attached hydrogens (tertiary/aromatic N) is 1. The van der Waals surface area contributed by atoms with Crippen LogP contribution in [0.3, 0.4) is 0 Å². The number of fused-ring (bicyclic) bond motifs is 1. The number of nitrogens with two attached hydrogens (primary N) is 1. The highest BCUT2D eigenvalue weighted by molar-refractivity contribution is 4.92. The number of hydrogen-bond donors (Lipinski definition) is 1. The summed E-state index contributed by atoms with van der Waals surface area (Å²) in [5.41, 5.74) is 6.12.